The summed E-state index contributed by atoms with van der Waals surface area (Å²) in [6.07, 6.45) is 3.05. The molecule has 0 N–H and O–H groups in total. The number of carbonyl (C=O) groups is 2. The molecule has 3 heterocycles. The molecule has 8 nitrogen and oxygen atoms in total. The van der Waals surface area contributed by atoms with E-state index in [1.807, 2.05) is 30.0 Å². The van der Waals surface area contributed by atoms with E-state index in [4.69, 9.17) is 0 Å². The number of hydrogen-bond donors (Lipinski definition) is 0. The number of aromatic nitrogens is 2. The van der Waals surface area contributed by atoms with E-state index in [-0.39, 0.29) is 35.0 Å². The molecule has 0 bridgehead atoms. The zero-order chi connectivity index (χ0) is 24.0. The molecule has 1 saturated heterocycles. The summed E-state index contributed by atoms with van der Waals surface area (Å²) in [7, 11) is -3.58. The summed E-state index contributed by atoms with van der Waals surface area (Å²) in [5.74, 6) is 0.307. The molecular formula is C24H25BrN4O4S. The van der Waals surface area contributed by atoms with Crippen LogP contribution in [-0.2, 0) is 21.2 Å². The van der Waals surface area contributed by atoms with Gasteiger partial charge >= 0.3 is 6.03 Å². The second kappa shape index (κ2) is 8.81. The Labute approximate surface area is 206 Å². The number of imidazole rings is 1. The molecule has 2 aliphatic heterocycles. The first-order valence-corrected chi connectivity index (χ1v) is 13.7. The highest BCUT2D eigenvalue weighted by Gasteiger charge is 2.36. The highest BCUT2D eigenvalue weighted by Crippen LogP contribution is 2.27. The van der Waals surface area contributed by atoms with Gasteiger partial charge in [0.15, 0.2) is 9.84 Å². The molecular weight excluding hydrogens is 520 g/mol. The van der Waals surface area contributed by atoms with E-state index in [2.05, 4.69) is 20.9 Å². The number of benzene rings is 2. The Morgan fingerprint density at radius 3 is 2.56 bits per heavy atom. The van der Waals surface area contributed by atoms with E-state index in [0.29, 0.717) is 38.3 Å². The fourth-order valence-electron chi connectivity index (χ4n) is 4.83. The smallest absolute Gasteiger partial charge is 0.330 e. The van der Waals surface area contributed by atoms with Gasteiger partial charge in [0.25, 0.3) is 0 Å². The molecule has 1 fully saturated rings. The van der Waals surface area contributed by atoms with Gasteiger partial charge in [0, 0.05) is 30.0 Å². The van der Waals surface area contributed by atoms with Crippen molar-refractivity contribution in [3.8, 4) is 0 Å². The predicted octanol–water partition coefficient (Wildman–Crippen LogP) is 3.75. The number of piperidine rings is 1. The van der Waals surface area contributed by atoms with Crippen molar-refractivity contribution in [2.75, 3.05) is 18.8 Å². The van der Waals surface area contributed by atoms with E-state index in [9.17, 15) is 18.0 Å². The maximum atomic E-state index is 12.9. The second-order valence-corrected chi connectivity index (χ2v) is 11.9. The lowest BCUT2D eigenvalue weighted by Gasteiger charge is -2.36. The summed E-state index contributed by atoms with van der Waals surface area (Å²) < 4.78 is 28.3. The van der Waals surface area contributed by atoms with Gasteiger partial charge in [-0.15, -0.1) is 0 Å². The van der Waals surface area contributed by atoms with Crippen LogP contribution in [0.5, 0.6) is 0 Å². The number of sulfone groups is 1. The van der Waals surface area contributed by atoms with Crippen molar-refractivity contribution in [1.29, 1.82) is 0 Å². The van der Waals surface area contributed by atoms with Crippen LogP contribution < -0.4 is 0 Å². The Morgan fingerprint density at radius 1 is 1.12 bits per heavy atom. The zero-order valence-electron chi connectivity index (χ0n) is 18.8. The minimum Gasteiger partial charge on any atom is -0.343 e. The lowest BCUT2D eigenvalue weighted by atomic mass is 10.0. The Bertz CT molecular complexity index is 1390. The molecule has 10 heteroatoms. The van der Waals surface area contributed by atoms with Gasteiger partial charge in [-0.3, -0.25) is 9.36 Å². The van der Waals surface area contributed by atoms with Crippen LogP contribution in [0.2, 0.25) is 0 Å². The summed E-state index contributed by atoms with van der Waals surface area (Å²) in [4.78, 5) is 33.5. The Morgan fingerprint density at radius 2 is 1.82 bits per heavy atom. The molecule has 2 aromatic carbocycles. The summed E-state index contributed by atoms with van der Waals surface area (Å²) in [6, 6.07) is 10.7. The molecule has 3 aromatic rings. The fourth-order valence-corrected chi connectivity index (χ4v) is 6.47. The van der Waals surface area contributed by atoms with Gasteiger partial charge in [0.1, 0.15) is 5.82 Å². The van der Waals surface area contributed by atoms with Crippen molar-refractivity contribution >= 4 is 48.5 Å². The monoisotopic (exact) mass is 544 g/mol. The minimum absolute atomic E-state index is 0.0512. The summed E-state index contributed by atoms with van der Waals surface area (Å²) in [6.45, 7) is 3.39. The third-order valence-corrected chi connectivity index (χ3v) is 8.96. The molecule has 5 rings (SSSR count). The van der Waals surface area contributed by atoms with Crippen LogP contribution in [0.3, 0.4) is 0 Å². The number of aryl methyl sites for hydroxylation is 1. The number of likely N-dealkylation sites (tertiary alicyclic amines) is 1. The Balaban J connectivity index is 1.17. The molecule has 2 aliphatic rings. The lowest BCUT2D eigenvalue weighted by Crippen LogP contribution is -2.47. The first-order chi connectivity index (χ1) is 16.2. The fraction of sp³-hybridized carbons (Fsp3) is 0.375. The molecule has 0 spiro atoms. The van der Waals surface area contributed by atoms with E-state index < -0.39 is 9.84 Å². The van der Waals surface area contributed by atoms with Crippen molar-refractivity contribution in [2.45, 2.75) is 43.7 Å². The molecule has 0 unspecified atom stereocenters. The average Bonchev–Trinajstić information content (AvgIpc) is 3.36. The van der Waals surface area contributed by atoms with Gasteiger partial charge in [-0.1, -0.05) is 28.1 Å². The molecule has 0 atom stereocenters. The van der Waals surface area contributed by atoms with E-state index in [0.717, 1.165) is 20.9 Å². The van der Waals surface area contributed by atoms with Gasteiger partial charge in [0.2, 0.25) is 5.91 Å². The van der Waals surface area contributed by atoms with Crippen LogP contribution >= 0.6 is 15.9 Å². The van der Waals surface area contributed by atoms with E-state index in [1.165, 1.54) is 0 Å². The largest absolute Gasteiger partial charge is 0.343 e. The molecule has 0 saturated carbocycles. The van der Waals surface area contributed by atoms with Gasteiger partial charge in [-0.05, 0) is 54.8 Å². The SMILES string of the molecule is Cc1ncc2n1C(=O)N(C1CCN(C(=O)CCS(=O)(=O)c3ccc4cc(Br)ccc4c3)CC1)C2. The van der Waals surface area contributed by atoms with Crippen LogP contribution in [0.15, 0.2) is 52.0 Å². The van der Waals surface area contributed by atoms with Crippen LogP contribution in [-0.4, -0.2) is 64.6 Å². The number of amides is 2. The Kier molecular flexibility index (Phi) is 5.97. The van der Waals surface area contributed by atoms with Gasteiger partial charge < -0.3 is 9.80 Å². The van der Waals surface area contributed by atoms with Crippen molar-refractivity contribution in [1.82, 2.24) is 19.4 Å². The van der Waals surface area contributed by atoms with Crippen LogP contribution in [0, 0.1) is 6.92 Å². The first kappa shape index (κ1) is 23.0. The quantitative estimate of drug-likeness (QED) is 0.487. The predicted molar refractivity (Wildman–Crippen MR) is 131 cm³/mol. The lowest BCUT2D eigenvalue weighted by molar-refractivity contribution is -0.132. The minimum atomic E-state index is -3.58. The molecule has 0 aliphatic carbocycles. The molecule has 0 radical (unpaired) electrons. The molecule has 34 heavy (non-hydrogen) atoms. The van der Waals surface area contributed by atoms with Gasteiger partial charge in [0.05, 0.1) is 29.1 Å². The average molecular weight is 545 g/mol. The van der Waals surface area contributed by atoms with E-state index in [1.54, 1.807) is 33.9 Å². The van der Waals surface area contributed by atoms with Gasteiger partial charge in [-0.2, -0.15) is 0 Å². The standard InChI is InChI=1S/C24H25BrN4O4S/c1-16-26-14-21-15-28(24(31)29(16)21)20-6-9-27(10-7-20)23(30)8-11-34(32,33)22-5-3-17-12-19(25)4-2-18(17)13-22/h2-5,12-14,20H,6-11,15H2,1H3. The van der Waals surface area contributed by atoms with Crippen molar-refractivity contribution in [2.24, 2.45) is 0 Å². The topological polar surface area (TPSA) is 92.6 Å². The first-order valence-electron chi connectivity index (χ1n) is 11.3. The Hall–Kier alpha value is -2.72. The van der Waals surface area contributed by atoms with Crippen LogP contribution in [0.4, 0.5) is 4.79 Å². The third-order valence-electron chi connectivity index (χ3n) is 6.76. The number of carbonyl (C=O) groups excluding carboxylic acids is 2. The highest BCUT2D eigenvalue weighted by molar-refractivity contribution is 9.10. The van der Waals surface area contributed by atoms with Crippen LogP contribution in [0.25, 0.3) is 10.8 Å². The van der Waals surface area contributed by atoms with Crippen molar-refractivity contribution in [3.05, 3.63) is 58.6 Å². The second-order valence-electron chi connectivity index (χ2n) is 8.88. The summed E-state index contributed by atoms with van der Waals surface area (Å²) >= 11 is 3.42. The molecule has 1 aromatic heterocycles. The summed E-state index contributed by atoms with van der Waals surface area (Å²) in [5.41, 5.74) is 0.896. The highest BCUT2D eigenvalue weighted by atomic mass is 79.9. The van der Waals surface area contributed by atoms with Crippen molar-refractivity contribution in [3.63, 3.8) is 0 Å². The maximum absolute atomic E-state index is 12.9. The number of nitrogens with zero attached hydrogens (tertiary/aromatic N) is 4. The third kappa shape index (κ3) is 4.24. The number of halogens is 1. The number of rotatable bonds is 5. The molecule has 178 valence electrons. The summed E-state index contributed by atoms with van der Waals surface area (Å²) in [5, 5.41) is 1.79. The van der Waals surface area contributed by atoms with Gasteiger partial charge in [-0.25, -0.2) is 18.2 Å². The number of hydrogen-bond acceptors (Lipinski definition) is 5. The zero-order valence-corrected chi connectivity index (χ0v) is 21.2. The van der Waals surface area contributed by atoms with Crippen LogP contribution in [0.1, 0.15) is 30.8 Å². The van der Waals surface area contributed by atoms with Crippen molar-refractivity contribution < 1.29 is 18.0 Å². The normalized spacial score (nSPS) is 16.9. The maximum Gasteiger partial charge on any atom is 0.330 e. The number of fused-ring (bicyclic) bond motifs is 2. The molecule has 2 amide bonds. The van der Waals surface area contributed by atoms with E-state index >= 15 is 0 Å².